The summed E-state index contributed by atoms with van der Waals surface area (Å²) in [5.41, 5.74) is 4.69. The van der Waals surface area contributed by atoms with Gasteiger partial charge in [0.25, 0.3) is 0 Å². The Labute approximate surface area is 178 Å². The molecule has 29 heavy (non-hydrogen) atoms. The predicted octanol–water partition coefficient (Wildman–Crippen LogP) is 5.21. The molecule has 0 saturated heterocycles. The Morgan fingerprint density at radius 1 is 1.28 bits per heavy atom. The number of nitrogens with one attached hydrogen (secondary N) is 2. The maximum absolute atomic E-state index is 11.7. The van der Waals surface area contributed by atoms with E-state index in [1.807, 2.05) is 37.3 Å². The lowest BCUT2D eigenvalue weighted by atomic mass is 9.77. The number of hydrazone groups is 1. The van der Waals surface area contributed by atoms with Crippen molar-refractivity contribution in [2.75, 3.05) is 5.32 Å². The van der Waals surface area contributed by atoms with Gasteiger partial charge >= 0.3 is 5.97 Å². The van der Waals surface area contributed by atoms with E-state index in [1.54, 1.807) is 0 Å². The monoisotopic (exact) mass is 413 g/mol. The summed E-state index contributed by atoms with van der Waals surface area (Å²) in [6.45, 7) is 1.94. The van der Waals surface area contributed by atoms with Crippen LogP contribution in [0.3, 0.4) is 0 Å². The minimum absolute atomic E-state index is 0.187. The zero-order valence-corrected chi connectivity index (χ0v) is 17.8. The summed E-state index contributed by atoms with van der Waals surface area (Å²) in [5, 5.41) is 17.5. The van der Waals surface area contributed by atoms with Gasteiger partial charge in [-0.25, -0.2) is 0 Å². The first-order valence-electron chi connectivity index (χ1n) is 10.6. The van der Waals surface area contributed by atoms with Gasteiger partial charge in [0, 0.05) is 17.8 Å². The summed E-state index contributed by atoms with van der Waals surface area (Å²) in [5.74, 6) is 1.03. The van der Waals surface area contributed by atoms with Gasteiger partial charge in [0.2, 0.25) is 0 Å². The number of anilines is 1. The smallest absolute Gasteiger partial charge is 0.306 e. The zero-order valence-electron chi connectivity index (χ0n) is 17.0. The molecule has 0 amide bonds. The van der Waals surface area contributed by atoms with E-state index in [4.69, 9.17) is 12.2 Å². The van der Waals surface area contributed by atoms with E-state index in [-0.39, 0.29) is 5.92 Å². The summed E-state index contributed by atoms with van der Waals surface area (Å²) < 4.78 is 0. The molecule has 2 fully saturated rings. The van der Waals surface area contributed by atoms with E-state index in [2.05, 4.69) is 28.0 Å². The third-order valence-electron chi connectivity index (χ3n) is 6.23. The largest absolute Gasteiger partial charge is 0.481 e. The number of nitrogens with zero attached hydrogens (tertiary/aromatic N) is 1. The van der Waals surface area contributed by atoms with Crippen LogP contribution in [0.5, 0.6) is 0 Å². The minimum atomic E-state index is -0.614. The predicted molar refractivity (Wildman–Crippen MR) is 122 cm³/mol. The minimum Gasteiger partial charge on any atom is -0.481 e. The van der Waals surface area contributed by atoms with Gasteiger partial charge in [-0.3, -0.25) is 10.2 Å². The van der Waals surface area contributed by atoms with E-state index in [1.165, 1.54) is 19.3 Å². The summed E-state index contributed by atoms with van der Waals surface area (Å²) >= 11 is 5.23. The van der Waals surface area contributed by atoms with Crippen LogP contribution < -0.4 is 10.7 Å². The van der Waals surface area contributed by atoms with Gasteiger partial charge in [0.05, 0.1) is 5.92 Å². The van der Waals surface area contributed by atoms with Crippen LogP contribution in [-0.4, -0.2) is 21.9 Å². The first-order valence-corrected chi connectivity index (χ1v) is 11.0. The number of carboxylic acids is 1. The molecule has 2 aliphatic rings. The SMILES string of the molecule is CC(C/C=C/CCC(C(=O)O)[C@@H]1C[C@H]2CC[C@@H]1C2)=NNC(=S)Nc1ccccc1. The van der Waals surface area contributed by atoms with Crippen LogP contribution in [-0.2, 0) is 4.79 Å². The molecule has 2 aliphatic carbocycles. The Bertz CT molecular complexity index is 763. The number of hydrogen-bond acceptors (Lipinski definition) is 3. The van der Waals surface area contributed by atoms with Gasteiger partial charge in [-0.15, -0.1) is 0 Å². The third-order valence-corrected chi connectivity index (χ3v) is 6.42. The molecule has 0 aromatic heterocycles. The van der Waals surface area contributed by atoms with Gasteiger partial charge in [-0.2, -0.15) is 5.10 Å². The first-order chi connectivity index (χ1) is 14.0. The fourth-order valence-corrected chi connectivity index (χ4v) is 4.99. The van der Waals surface area contributed by atoms with Gasteiger partial charge in [0.15, 0.2) is 5.11 Å². The summed E-state index contributed by atoms with van der Waals surface area (Å²) in [4.78, 5) is 11.7. The van der Waals surface area contributed by atoms with E-state index in [0.717, 1.165) is 36.6 Å². The van der Waals surface area contributed by atoms with E-state index >= 15 is 0 Å². The molecule has 0 spiro atoms. The molecule has 156 valence electrons. The maximum atomic E-state index is 11.7. The molecule has 1 aromatic rings. The van der Waals surface area contributed by atoms with Crippen LogP contribution in [0.1, 0.15) is 51.9 Å². The fourth-order valence-electron chi connectivity index (χ4n) is 4.83. The number of para-hydroxylation sites is 1. The molecule has 5 nitrogen and oxygen atoms in total. The normalized spacial score (nSPS) is 24.6. The highest BCUT2D eigenvalue weighted by Crippen LogP contribution is 2.51. The zero-order chi connectivity index (χ0) is 20.6. The van der Waals surface area contributed by atoms with Crippen LogP contribution in [0.4, 0.5) is 5.69 Å². The lowest BCUT2D eigenvalue weighted by Crippen LogP contribution is -2.27. The number of carboxylic acid groups (broad SMARTS) is 1. The van der Waals surface area contributed by atoms with Crippen molar-refractivity contribution in [3.05, 3.63) is 42.5 Å². The highest BCUT2D eigenvalue weighted by Gasteiger charge is 2.44. The number of fused-ring (bicyclic) bond motifs is 2. The van der Waals surface area contributed by atoms with Crippen LogP contribution in [0.25, 0.3) is 0 Å². The van der Waals surface area contributed by atoms with Crippen molar-refractivity contribution in [3.8, 4) is 0 Å². The molecule has 0 aliphatic heterocycles. The molecule has 0 heterocycles. The number of thiocarbonyl (C=S) groups is 1. The van der Waals surface area contributed by atoms with Gasteiger partial charge in [-0.1, -0.05) is 36.8 Å². The van der Waals surface area contributed by atoms with Crippen molar-refractivity contribution < 1.29 is 9.90 Å². The standard InChI is InChI=1S/C23H31N3O2S/c1-16(25-26-23(29)24-19-9-5-3-6-10-19)8-4-2-7-11-20(22(27)28)21-15-17-12-13-18(21)14-17/h2-6,9-10,17-18,20-21H,7-8,11-15H2,1H3,(H,27,28)(H2,24,26,29)/b4-2+,25-16?/t17-,18+,20?,21+/m0/s1. The Kier molecular flexibility index (Phi) is 7.81. The van der Waals surface area contributed by atoms with Crippen LogP contribution >= 0.6 is 12.2 Å². The molecular formula is C23H31N3O2S. The second kappa shape index (κ2) is 10.5. The van der Waals surface area contributed by atoms with E-state index < -0.39 is 5.97 Å². The number of carbonyl (C=O) groups is 1. The van der Waals surface area contributed by atoms with E-state index in [0.29, 0.717) is 23.4 Å². The quantitative estimate of drug-likeness (QED) is 0.224. The highest BCUT2D eigenvalue weighted by molar-refractivity contribution is 7.80. The topological polar surface area (TPSA) is 73.7 Å². The number of hydrogen-bond donors (Lipinski definition) is 3. The molecule has 2 bridgehead atoms. The van der Waals surface area contributed by atoms with Crippen molar-refractivity contribution in [3.63, 3.8) is 0 Å². The number of rotatable bonds is 9. The summed E-state index contributed by atoms with van der Waals surface area (Å²) in [6.07, 6.45) is 11.3. The molecule has 1 aromatic carbocycles. The molecular weight excluding hydrogens is 382 g/mol. The Morgan fingerprint density at radius 2 is 2.07 bits per heavy atom. The lowest BCUT2D eigenvalue weighted by Gasteiger charge is -2.27. The van der Waals surface area contributed by atoms with Gasteiger partial charge in [-0.05, 0) is 81.1 Å². The highest BCUT2D eigenvalue weighted by atomic mass is 32.1. The molecule has 1 unspecified atom stereocenters. The average molecular weight is 414 g/mol. The number of benzene rings is 1. The summed E-state index contributed by atoms with van der Waals surface area (Å²) in [6, 6.07) is 9.71. The van der Waals surface area contributed by atoms with Gasteiger partial charge in [0.1, 0.15) is 0 Å². The fraction of sp³-hybridized carbons (Fsp3) is 0.522. The molecule has 3 N–H and O–H groups in total. The van der Waals surface area contributed by atoms with Crippen LogP contribution in [0.2, 0.25) is 0 Å². The Hall–Kier alpha value is -2.21. The number of aliphatic carboxylic acids is 1. The molecule has 0 radical (unpaired) electrons. The molecule has 6 heteroatoms. The second-order valence-corrected chi connectivity index (χ2v) is 8.72. The van der Waals surface area contributed by atoms with Crippen molar-refractivity contribution in [1.82, 2.24) is 5.43 Å². The van der Waals surface area contributed by atoms with Crippen molar-refractivity contribution >= 4 is 34.7 Å². The average Bonchev–Trinajstić information content (AvgIpc) is 3.33. The third kappa shape index (κ3) is 6.39. The first kappa shape index (κ1) is 21.5. The van der Waals surface area contributed by atoms with Crippen LogP contribution in [0.15, 0.2) is 47.6 Å². The van der Waals surface area contributed by atoms with E-state index in [9.17, 15) is 9.90 Å². The molecule has 2 saturated carbocycles. The second-order valence-electron chi connectivity index (χ2n) is 8.32. The molecule has 4 atom stereocenters. The van der Waals surface area contributed by atoms with Gasteiger partial charge < -0.3 is 10.4 Å². The van der Waals surface area contributed by atoms with Crippen molar-refractivity contribution in [2.24, 2.45) is 28.8 Å². The Balaban J connectivity index is 1.37. The Morgan fingerprint density at radius 3 is 2.72 bits per heavy atom. The lowest BCUT2D eigenvalue weighted by molar-refractivity contribution is -0.144. The maximum Gasteiger partial charge on any atom is 0.306 e. The van der Waals surface area contributed by atoms with Crippen molar-refractivity contribution in [1.29, 1.82) is 0 Å². The van der Waals surface area contributed by atoms with Crippen LogP contribution in [0, 0.1) is 23.7 Å². The number of allylic oxidation sites excluding steroid dienone is 2. The summed E-state index contributed by atoms with van der Waals surface area (Å²) in [7, 11) is 0. The van der Waals surface area contributed by atoms with Crippen molar-refractivity contribution in [2.45, 2.75) is 51.9 Å². The molecule has 3 rings (SSSR count).